The quantitative estimate of drug-likeness (QED) is 0.481. The molecule has 4 aromatic rings. The lowest BCUT2D eigenvalue weighted by Gasteiger charge is -2.23. The lowest BCUT2D eigenvalue weighted by atomic mass is 10.2. The Morgan fingerprint density at radius 1 is 1.07 bits per heavy atom. The topological polar surface area (TPSA) is 79.7 Å². The van der Waals surface area contributed by atoms with Crippen LogP contribution in [0.3, 0.4) is 0 Å². The number of aliphatic imine (C=N–C) groups is 1. The Hall–Kier alpha value is -3.14. The second-order valence-corrected chi connectivity index (χ2v) is 8.42. The number of carbonyl (C=O) groups is 1. The molecule has 1 aliphatic rings. The Labute approximate surface area is 180 Å². The third kappa shape index (κ3) is 3.58. The van der Waals surface area contributed by atoms with E-state index in [2.05, 4.69) is 26.3 Å². The first-order chi connectivity index (χ1) is 14.7. The number of amides is 1. The van der Waals surface area contributed by atoms with Crippen LogP contribution < -0.4 is 10.2 Å². The number of nitrogens with zero attached hydrogens (tertiary/aromatic N) is 4. The number of hydrogen-bond acceptors (Lipinski definition) is 8. The van der Waals surface area contributed by atoms with Gasteiger partial charge in [-0.25, -0.2) is 15.0 Å². The van der Waals surface area contributed by atoms with E-state index in [-0.39, 0.29) is 5.91 Å². The molecule has 9 heteroatoms. The third-order valence-corrected chi connectivity index (χ3v) is 6.33. The summed E-state index contributed by atoms with van der Waals surface area (Å²) >= 11 is 3.15. The van der Waals surface area contributed by atoms with E-state index in [0.29, 0.717) is 24.8 Å². The maximum atomic E-state index is 12.6. The normalized spacial score (nSPS) is 15.2. The highest BCUT2D eigenvalue weighted by Crippen LogP contribution is 2.26. The molecule has 7 nitrogen and oxygen atoms in total. The van der Waals surface area contributed by atoms with E-state index in [1.54, 1.807) is 35.9 Å². The predicted molar refractivity (Wildman–Crippen MR) is 122 cm³/mol. The van der Waals surface area contributed by atoms with Crippen LogP contribution in [0.5, 0.6) is 0 Å². The highest BCUT2D eigenvalue weighted by molar-refractivity contribution is 7.17. The highest BCUT2D eigenvalue weighted by atomic mass is 32.1. The van der Waals surface area contributed by atoms with Gasteiger partial charge in [0.15, 0.2) is 0 Å². The fourth-order valence-electron chi connectivity index (χ4n) is 3.25. The average molecular weight is 436 g/mol. The largest absolute Gasteiger partial charge is 0.383 e. The summed E-state index contributed by atoms with van der Waals surface area (Å²) in [5.74, 6) is 0.265. The molecular weight excluding hydrogens is 418 g/mol. The highest BCUT2D eigenvalue weighted by Gasteiger charge is 2.25. The average Bonchev–Trinajstić information content (AvgIpc) is 3.48. The molecule has 0 spiro atoms. The lowest BCUT2D eigenvalue weighted by molar-refractivity contribution is -0.115. The van der Waals surface area contributed by atoms with Crippen molar-refractivity contribution in [2.75, 3.05) is 25.2 Å². The molecule has 1 N–H and O–H groups in total. The van der Waals surface area contributed by atoms with Crippen molar-refractivity contribution < 1.29 is 9.53 Å². The van der Waals surface area contributed by atoms with Crippen LogP contribution in [0.4, 0.5) is 5.69 Å². The van der Waals surface area contributed by atoms with Gasteiger partial charge in [0.2, 0.25) is 5.96 Å². The molecule has 0 fully saturated rings. The molecule has 0 radical (unpaired) electrons. The van der Waals surface area contributed by atoms with Gasteiger partial charge in [-0.3, -0.25) is 10.1 Å². The zero-order valence-electron chi connectivity index (χ0n) is 16.0. The van der Waals surface area contributed by atoms with Crippen molar-refractivity contribution in [1.29, 1.82) is 0 Å². The van der Waals surface area contributed by atoms with Crippen LogP contribution in [0.15, 0.2) is 58.1 Å². The first-order valence-electron chi connectivity index (χ1n) is 9.26. The molecule has 0 atom stereocenters. The minimum absolute atomic E-state index is 0.226. The summed E-state index contributed by atoms with van der Waals surface area (Å²) < 4.78 is 7.42. The van der Waals surface area contributed by atoms with Gasteiger partial charge >= 0.3 is 0 Å². The van der Waals surface area contributed by atoms with E-state index >= 15 is 0 Å². The predicted octanol–water partition coefficient (Wildman–Crippen LogP) is 3.89. The van der Waals surface area contributed by atoms with Gasteiger partial charge in [-0.15, -0.1) is 22.7 Å². The van der Waals surface area contributed by atoms with Crippen LogP contribution in [0.1, 0.15) is 5.56 Å². The number of thiazole rings is 2. The van der Waals surface area contributed by atoms with Gasteiger partial charge in [0.25, 0.3) is 5.91 Å². The molecule has 0 bridgehead atoms. The SMILES string of the molecule is COCCN(C1=NC(=Cc2ccc3ncsc3c2)C(=O)N1)c1ccc2ncsc2c1. The number of benzene rings is 2. The fraction of sp³-hybridized carbons (Fsp3) is 0.143. The summed E-state index contributed by atoms with van der Waals surface area (Å²) in [5.41, 5.74) is 7.75. The summed E-state index contributed by atoms with van der Waals surface area (Å²) in [6.07, 6.45) is 1.79. The van der Waals surface area contributed by atoms with E-state index in [1.807, 2.05) is 46.3 Å². The number of hydrogen-bond donors (Lipinski definition) is 1. The van der Waals surface area contributed by atoms with Crippen molar-refractivity contribution in [3.63, 3.8) is 0 Å². The zero-order valence-corrected chi connectivity index (χ0v) is 17.7. The second kappa shape index (κ2) is 7.94. The Morgan fingerprint density at radius 2 is 1.80 bits per heavy atom. The van der Waals surface area contributed by atoms with Gasteiger partial charge < -0.3 is 9.64 Å². The van der Waals surface area contributed by atoms with Crippen LogP contribution in [0.25, 0.3) is 26.5 Å². The first kappa shape index (κ1) is 18.9. The van der Waals surface area contributed by atoms with Gasteiger partial charge in [-0.2, -0.15) is 0 Å². The first-order valence-corrected chi connectivity index (χ1v) is 11.0. The number of fused-ring (bicyclic) bond motifs is 2. The van der Waals surface area contributed by atoms with Crippen LogP contribution in [0.2, 0.25) is 0 Å². The molecule has 2 aromatic carbocycles. The second-order valence-electron chi connectivity index (χ2n) is 6.65. The van der Waals surface area contributed by atoms with Crippen molar-refractivity contribution >= 4 is 66.7 Å². The van der Waals surface area contributed by atoms with Crippen LogP contribution in [-0.4, -0.2) is 42.1 Å². The van der Waals surface area contributed by atoms with Crippen molar-refractivity contribution in [3.05, 3.63) is 58.7 Å². The molecule has 1 amide bonds. The Morgan fingerprint density at radius 3 is 2.57 bits per heavy atom. The van der Waals surface area contributed by atoms with Crippen molar-refractivity contribution in [2.45, 2.75) is 0 Å². The van der Waals surface area contributed by atoms with E-state index in [1.165, 1.54) is 0 Å². The van der Waals surface area contributed by atoms with Crippen LogP contribution >= 0.6 is 22.7 Å². The Balaban J connectivity index is 1.49. The fourth-order valence-corrected chi connectivity index (χ4v) is 4.69. The molecule has 5 rings (SSSR count). The van der Waals surface area contributed by atoms with Crippen LogP contribution in [0, 0.1) is 0 Å². The monoisotopic (exact) mass is 435 g/mol. The molecule has 0 unspecified atom stereocenters. The molecule has 0 saturated heterocycles. The van der Waals surface area contributed by atoms with E-state index in [9.17, 15) is 4.79 Å². The minimum atomic E-state index is -0.226. The lowest BCUT2D eigenvalue weighted by Crippen LogP contribution is -2.42. The van der Waals surface area contributed by atoms with Gasteiger partial charge in [0.1, 0.15) is 5.70 Å². The molecule has 2 aromatic heterocycles. The molecule has 3 heterocycles. The summed E-state index contributed by atoms with van der Waals surface area (Å²) in [6, 6.07) is 11.9. The third-order valence-electron chi connectivity index (χ3n) is 4.74. The molecule has 0 saturated carbocycles. The van der Waals surface area contributed by atoms with Crippen molar-refractivity contribution in [2.24, 2.45) is 4.99 Å². The summed E-state index contributed by atoms with van der Waals surface area (Å²) in [6.45, 7) is 1.05. The number of anilines is 1. The Bertz CT molecular complexity index is 1310. The zero-order chi connectivity index (χ0) is 20.5. The number of guanidine groups is 1. The number of rotatable bonds is 5. The number of ether oxygens (including phenoxy) is 1. The maximum Gasteiger partial charge on any atom is 0.276 e. The summed E-state index contributed by atoms with van der Waals surface area (Å²) in [7, 11) is 1.65. The van der Waals surface area contributed by atoms with Gasteiger partial charge in [0, 0.05) is 19.3 Å². The number of methoxy groups -OCH3 is 1. The summed E-state index contributed by atoms with van der Waals surface area (Å²) in [4.78, 5) is 27.8. The van der Waals surface area contributed by atoms with E-state index in [0.717, 1.165) is 31.7 Å². The molecule has 0 aliphatic carbocycles. The molecule has 1 aliphatic heterocycles. The van der Waals surface area contributed by atoms with Gasteiger partial charge in [-0.05, 0) is 42.0 Å². The number of nitrogens with one attached hydrogen (secondary N) is 1. The summed E-state index contributed by atoms with van der Waals surface area (Å²) in [5, 5.41) is 2.90. The Kier molecular flexibility index (Phi) is 4.99. The van der Waals surface area contributed by atoms with Crippen LogP contribution in [-0.2, 0) is 9.53 Å². The smallest absolute Gasteiger partial charge is 0.276 e. The standard InChI is InChI=1S/C21H17N5O2S2/c1-28-7-6-26(14-3-5-16-19(10-14)30-12-23-16)21-24-17(20(27)25-21)8-13-2-4-15-18(9-13)29-11-22-15/h2-5,8-12H,6-7H2,1H3,(H,24,25,27). The molecular formula is C21H17N5O2S2. The van der Waals surface area contributed by atoms with E-state index in [4.69, 9.17) is 4.74 Å². The maximum absolute atomic E-state index is 12.6. The molecule has 150 valence electrons. The number of aromatic nitrogens is 2. The van der Waals surface area contributed by atoms with Gasteiger partial charge in [0.05, 0.1) is 38.1 Å². The molecule has 30 heavy (non-hydrogen) atoms. The minimum Gasteiger partial charge on any atom is -0.383 e. The van der Waals surface area contributed by atoms with E-state index < -0.39 is 0 Å². The van der Waals surface area contributed by atoms with Crippen molar-refractivity contribution in [1.82, 2.24) is 15.3 Å². The van der Waals surface area contributed by atoms with Gasteiger partial charge in [-0.1, -0.05) is 6.07 Å². The van der Waals surface area contributed by atoms with Crippen molar-refractivity contribution in [3.8, 4) is 0 Å². The number of carbonyl (C=O) groups excluding carboxylic acids is 1.